The lowest BCUT2D eigenvalue weighted by atomic mass is 9.81. The van der Waals surface area contributed by atoms with Gasteiger partial charge in [-0.25, -0.2) is 14.6 Å². The van der Waals surface area contributed by atoms with Crippen molar-refractivity contribution in [2.24, 2.45) is 5.92 Å². The van der Waals surface area contributed by atoms with Crippen molar-refractivity contribution < 1.29 is 8.73 Å². The number of likely N-dealkylation sites (N-methyl/N-ethyl adjacent to an activating group) is 1. The summed E-state index contributed by atoms with van der Waals surface area (Å²) in [5.41, 5.74) is 10.4. The summed E-state index contributed by atoms with van der Waals surface area (Å²) in [4.78, 5) is 16.4. The summed E-state index contributed by atoms with van der Waals surface area (Å²) < 4.78 is 22.0. The van der Waals surface area contributed by atoms with Crippen molar-refractivity contribution in [2.75, 3.05) is 36.5 Å². The molecular formula is C33H41N9O2S2. The van der Waals surface area contributed by atoms with E-state index in [1.54, 1.807) is 0 Å². The molecule has 2 N–H and O–H groups in total. The Hall–Kier alpha value is -3.34. The predicted molar refractivity (Wildman–Crippen MR) is 180 cm³/mol. The first-order valence-electron chi connectivity index (χ1n) is 16.8. The van der Waals surface area contributed by atoms with Gasteiger partial charge in [0.2, 0.25) is 0 Å². The molecule has 3 aliphatic heterocycles. The number of nitriles is 1. The van der Waals surface area contributed by atoms with Crippen molar-refractivity contribution in [3.05, 3.63) is 27.3 Å². The van der Waals surface area contributed by atoms with E-state index >= 15 is 0 Å². The summed E-state index contributed by atoms with van der Waals surface area (Å²) in [7, 11) is 0.926. The molecule has 0 radical (unpaired) electrons. The molecule has 4 unspecified atom stereocenters. The Balaban J connectivity index is 1.29. The first-order chi connectivity index (χ1) is 22.4. The lowest BCUT2D eigenvalue weighted by Gasteiger charge is -2.38. The fraction of sp³-hybridized carbons (Fsp3) is 0.606. The number of aromatic nitrogens is 5. The first-order valence-corrected chi connectivity index (χ1v) is 18.9. The maximum Gasteiger partial charge on any atom is 0.186 e. The van der Waals surface area contributed by atoms with Gasteiger partial charge in [-0.2, -0.15) is 10.4 Å². The Labute approximate surface area is 275 Å². The molecule has 2 fully saturated rings. The highest BCUT2D eigenvalue weighted by molar-refractivity contribution is 7.85. The topological polar surface area (TPSA) is 143 Å². The Morgan fingerprint density at radius 3 is 2.85 bits per heavy atom. The van der Waals surface area contributed by atoms with Crippen molar-refractivity contribution in [2.45, 2.75) is 101 Å². The van der Waals surface area contributed by atoms with Gasteiger partial charge < -0.3 is 20.1 Å². The van der Waals surface area contributed by atoms with Gasteiger partial charge in [0.25, 0.3) is 0 Å². The van der Waals surface area contributed by atoms with Gasteiger partial charge in [-0.05, 0) is 76.4 Å². The zero-order valence-electron chi connectivity index (χ0n) is 26.8. The minimum absolute atomic E-state index is 0.0789. The Kier molecular flexibility index (Phi) is 7.65. The zero-order valence-corrected chi connectivity index (χ0v) is 28.4. The summed E-state index contributed by atoms with van der Waals surface area (Å²) in [5, 5.41) is 21.8. The highest BCUT2D eigenvalue weighted by atomic mass is 32.2. The molecule has 2 saturated heterocycles. The fourth-order valence-corrected chi connectivity index (χ4v) is 10.9. The first kappa shape index (κ1) is 30.0. The summed E-state index contributed by atoms with van der Waals surface area (Å²) >= 11 is 1.53. The predicted octanol–water partition coefficient (Wildman–Crippen LogP) is 5.24. The quantitative estimate of drug-likeness (QED) is 0.292. The lowest BCUT2D eigenvalue weighted by molar-refractivity contribution is 0.275. The third-order valence-electron chi connectivity index (χ3n) is 10.6. The van der Waals surface area contributed by atoms with E-state index in [0.29, 0.717) is 51.4 Å². The van der Waals surface area contributed by atoms with E-state index in [0.717, 1.165) is 109 Å². The maximum atomic E-state index is 13.8. The molecule has 4 aliphatic rings. The SMILES string of the molecule is CCCc1sc(N)c(C#N)c1C1CCCc2c(-c3nc4c5c(nn(CC6CCCN6C)c5n3)S(=O)C[C@H]3CCC(C)CN43)noc21. The highest BCUT2D eigenvalue weighted by Crippen LogP contribution is 2.47. The highest BCUT2D eigenvalue weighted by Gasteiger charge is 2.39. The molecule has 4 aromatic heterocycles. The van der Waals surface area contributed by atoms with Gasteiger partial charge in [-0.3, -0.25) is 4.21 Å². The van der Waals surface area contributed by atoms with Gasteiger partial charge in [0, 0.05) is 35.0 Å². The summed E-state index contributed by atoms with van der Waals surface area (Å²) in [6.45, 7) is 7.05. The molecule has 11 nitrogen and oxygen atoms in total. The van der Waals surface area contributed by atoms with E-state index in [4.69, 9.17) is 25.3 Å². The van der Waals surface area contributed by atoms with E-state index in [2.05, 4.69) is 41.9 Å². The molecule has 0 aromatic carbocycles. The van der Waals surface area contributed by atoms with Gasteiger partial charge in [-0.1, -0.05) is 25.4 Å². The zero-order chi connectivity index (χ0) is 31.7. The normalized spacial score (nSPS) is 26.2. The van der Waals surface area contributed by atoms with Crippen LogP contribution >= 0.6 is 11.3 Å². The lowest BCUT2D eigenvalue weighted by Crippen LogP contribution is -2.45. The third-order valence-corrected chi connectivity index (χ3v) is 13.1. The third kappa shape index (κ3) is 4.78. The maximum absolute atomic E-state index is 13.8. The standard InChI is InChI=1S/C33H41N9O2S2/c1-4-7-24-25(23(14-34)29(35)45-24)21-9-5-10-22-27(39-44-28(21)22)30-36-31-26-32(37-30)42(16-19-8-6-13-40(19)3)38-33(26)46(43)17-20-12-11-18(2)15-41(20)31/h18-21H,4-13,15-17,35H2,1-3H3/t18?,19?,20-,21?,46?/m1/s1. The number of thiophene rings is 1. The van der Waals surface area contributed by atoms with Crippen LogP contribution in [0.15, 0.2) is 9.55 Å². The number of hydrogen-bond donors (Lipinski definition) is 1. The molecule has 8 rings (SSSR count). The van der Waals surface area contributed by atoms with E-state index in [1.807, 2.05) is 4.68 Å². The Morgan fingerprint density at radius 1 is 1.20 bits per heavy atom. The number of piperidine rings is 1. The molecule has 7 heterocycles. The van der Waals surface area contributed by atoms with Crippen molar-refractivity contribution >= 4 is 44.0 Å². The van der Waals surface area contributed by atoms with E-state index in [9.17, 15) is 9.47 Å². The molecule has 4 aromatic rings. The molecule has 46 heavy (non-hydrogen) atoms. The number of nitrogens with zero attached hydrogens (tertiary/aromatic N) is 8. The molecule has 0 bridgehead atoms. The van der Waals surface area contributed by atoms with E-state index in [1.165, 1.54) is 11.3 Å². The molecule has 242 valence electrons. The number of hydrogen-bond acceptors (Lipinski definition) is 11. The molecule has 0 spiro atoms. The van der Waals surface area contributed by atoms with Gasteiger partial charge in [0.05, 0.1) is 34.0 Å². The van der Waals surface area contributed by atoms with Crippen molar-refractivity contribution in [1.82, 2.24) is 29.8 Å². The van der Waals surface area contributed by atoms with Gasteiger partial charge in [0.1, 0.15) is 22.6 Å². The van der Waals surface area contributed by atoms with Gasteiger partial charge in [0.15, 0.2) is 22.2 Å². The summed E-state index contributed by atoms with van der Waals surface area (Å²) in [5.74, 6) is 3.14. The van der Waals surface area contributed by atoms with Crippen LogP contribution in [-0.4, -0.2) is 72.0 Å². The molecule has 0 saturated carbocycles. The number of nitrogen functional groups attached to an aromatic ring is 1. The van der Waals surface area contributed by atoms with Crippen molar-refractivity contribution in [3.8, 4) is 17.6 Å². The Bertz CT molecular complexity index is 1890. The molecular weight excluding hydrogens is 619 g/mol. The fourth-order valence-electron chi connectivity index (χ4n) is 8.24. The van der Waals surface area contributed by atoms with Crippen LogP contribution in [0.3, 0.4) is 0 Å². The van der Waals surface area contributed by atoms with Crippen LogP contribution in [-0.2, 0) is 30.2 Å². The second kappa shape index (κ2) is 11.7. The average molecular weight is 660 g/mol. The van der Waals surface area contributed by atoms with Crippen LogP contribution in [0.2, 0.25) is 0 Å². The number of anilines is 2. The molecule has 5 atom stereocenters. The van der Waals surface area contributed by atoms with Gasteiger partial charge >= 0.3 is 0 Å². The van der Waals surface area contributed by atoms with Crippen LogP contribution in [0, 0.1) is 17.2 Å². The van der Waals surface area contributed by atoms with Crippen molar-refractivity contribution in [1.29, 1.82) is 5.26 Å². The minimum atomic E-state index is -1.24. The van der Waals surface area contributed by atoms with Crippen LogP contribution in [0.5, 0.6) is 0 Å². The number of likely N-dealkylation sites (tertiary alicyclic amines) is 1. The second-order valence-electron chi connectivity index (χ2n) is 13.7. The molecule has 13 heteroatoms. The van der Waals surface area contributed by atoms with E-state index < -0.39 is 10.8 Å². The number of rotatable bonds is 6. The second-order valence-corrected chi connectivity index (χ2v) is 16.2. The van der Waals surface area contributed by atoms with Gasteiger partial charge in [-0.15, -0.1) is 11.3 Å². The largest absolute Gasteiger partial charge is 0.389 e. The summed E-state index contributed by atoms with van der Waals surface area (Å²) in [6, 6.07) is 2.88. The van der Waals surface area contributed by atoms with Crippen LogP contribution in [0.25, 0.3) is 22.6 Å². The summed E-state index contributed by atoms with van der Waals surface area (Å²) in [6.07, 6.45) is 8.82. The van der Waals surface area contributed by atoms with Crippen molar-refractivity contribution in [3.63, 3.8) is 0 Å². The number of aryl methyl sites for hydroxylation is 1. The van der Waals surface area contributed by atoms with Crippen LogP contribution in [0.4, 0.5) is 10.8 Å². The molecule has 1 aliphatic carbocycles. The smallest absolute Gasteiger partial charge is 0.186 e. The Morgan fingerprint density at radius 2 is 2.07 bits per heavy atom. The minimum Gasteiger partial charge on any atom is -0.389 e. The van der Waals surface area contributed by atoms with Crippen LogP contribution < -0.4 is 10.6 Å². The monoisotopic (exact) mass is 659 g/mol. The molecule has 0 amide bonds. The number of fused-ring (bicyclic) bond motifs is 3. The number of nitrogens with two attached hydrogens (primary N) is 1. The van der Waals surface area contributed by atoms with E-state index in [-0.39, 0.29) is 12.0 Å². The van der Waals surface area contributed by atoms with Crippen LogP contribution in [0.1, 0.15) is 92.0 Å². The average Bonchev–Trinajstić information content (AvgIpc) is 3.81.